The van der Waals surface area contributed by atoms with Crippen molar-refractivity contribution in [2.75, 3.05) is 11.9 Å². The van der Waals surface area contributed by atoms with Gasteiger partial charge in [0.25, 0.3) is 0 Å². The van der Waals surface area contributed by atoms with Crippen LogP contribution in [0.3, 0.4) is 0 Å². The maximum Gasteiger partial charge on any atom is 0.142 e. The largest absolute Gasteiger partial charge is 0.491 e. The van der Waals surface area contributed by atoms with E-state index in [1.54, 1.807) is 6.20 Å². The maximum absolute atomic E-state index is 5.86. The Morgan fingerprint density at radius 1 is 1.37 bits per heavy atom. The molecule has 1 N–H and O–H groups in total. The Bertz CT molecular complexity index is 528. The summed E-state index contributed by atoms with van der Waals surface area (Å²) in [5.74, 6) is 1.38. The summed E-state index contributed by atoms with van der Waals surface area (Å²) in [6.07, 6.45) is 1.67. The lowest BCUT2D eigenvalue weighted by atomic mass is 10.2. The van der Waals surface area contributed by atoms with Crippen LogP contribution in [0.5, 0.6) is 5.75 Å². The number of ether oxygens (including phenoxy) is 1. The number of nitrogens with zero attached hydrogens (tertiary/aromatic N) is 1. The van der Waals surface area contributed by atoms with Crippen molar-refractivity contribution in [2.45, 2.75) is 20.4 Å². The van der Waals surface area contributed by atoms with Gasteiger partial charge in [-0.1, -0.05) is 37.6 Å². The highest BCUT2D eigenvalue weighted by atomic mass is 35.5. The molecule has 0 bridgehead atoms. The average Bonchev–Trinajstić information content (AvgIpc) is 2.80. The lowest BCUT2D eigenvalue weighted by Crippen LogP contribution is -2.07. The van der Waals surface area contributed by atoms with E-state index in [1.165, 1.54) is 11.3 Å². The van der Waals surface area contributed by atoms with Crippen molar-refractivity contribution < 1.29 is 4.74 Å². The van der Waals surface area contributed by atoms with Crippen LogP contribution in [0.4, 0.5) is 5.69 Å². The lowest BCUT2D eigenvalue weighted by Gasteiger charge is -2.13. The number of para-hydroxylation sites is 2. The van der Waals surface area contributed by atoms with E-state index in [0.29, 0.717) is 23.4 Å². The predicted octanol–water partition coefficient (Wildman–Crippen LogP) is 4.44. The van der Waals surface area contributed by atoms with Crippen LogP contribution in [0.1, 0.15) is 18.9 Å². The van der Waals surface area contributed by atoms with Gasteiger partial charge in [0.05, 0.1) is 25.0 Å². The smallest absolute Gasteiger partial charge is 0.142 e. The molecule has 1 aromatic heterocycles. The molecule has 0 saturated carbocycles. The zero-order valence-corrected chi connectivity index (χ0v) is 12.6. The number of anilines is 1. The van der Waals surface area contributed by atoms with Gasteiger partial charge in [-0.2, -0.15) is 0 Å². The highest BCUT2D eigenvalue weighted by Gasteiger charge is 2.05. The van der Waals surface area contributed by atoms with Gasteiger partial charge in [-0.15, -0.1) is 11.3 Å². The van der Waals surface area contributed by atoms with Crippen molar-refractivity contribution in [1.82, 2.24) is 4.98 Å². The average molecular weight is 297 g/mol. The molecule has 0 aliphatic heterocycles. The van der Waals surface area contributed by atoms with Crippen LogP contribution >= 0.6 is 22.9 Å². The second kappa shape index (κ2) is 6.78. The number of nitrogens with one attached hydrogen (secondary N) is 1. The molecule has 102 valence electrons. The molecular formula is C14H17ClN2OS. The van der Waals surface area contributed by atoms with E-state index >= 15 is 0 Å². The fraction of sp³-hybridized carbons (Fsp3) is 0.357. The fourth-order valence-electron chi connectivity index (χ4n) is 1.54. The summed E-state index contributed by atoms with van der Waals surface area (Å²) in [5, 5.41) is 4.29. The molecule has 0 amide bonds. The Balaban J connectivity index is 1.99. The molecule has 0 unspecified atom stereocenters. The number of aromatic nitrogens is 1. The van der Waals surface area contributed by atoms with E-state index in [9.17, 15) is 0 Å². The summed E-state index contributed by atoms with van der Waals surface area (Å²) in [6, 6.07) is 7.94. The third kappa shape index (κ3) is 4.40. The summed E-state index contributed by atoms with van der Waals surface area (Å²) in [5.41, 5.74) is 0.981. The van der Waals surface area contributed by atoms with Crippen LogP contribution in [0.25, 0.3) is 0 Å². The fourth-order valence-corrected chi connectivity index (χ4v) is 2.43. The maximum atomic E-state index is 5.86. The molecule has 2 rings (SSSR count). The van der Waals surface area contributed by atoms with Crippen LogP contribution in [0.2, 0.25) is 4.34 Å². The Kier molecular flexibility index (Phi) is 5.05. The molecule has 1 heterocycles. The molecule has 0 fully saturated rings. The number of benzene rings is 1. The first-order valence-corrected chi connectivity index (χ1v) is 7.40. The molecular weight excluding hydrogens is 280 g/mol. The minimum absolute atomic E-state index is 0.505. The van der Waals surface area contributed by atoms with E-state index in [4.69, 9.17) is 16.3 Å². The monoisotopic (exact) mass is 296 g/mol. The SMILES string of the molecule is CC(C)COc1ccccc1NCc1ncc(Cl)s1. The predicted molar refractivity (Wildman–Crippen MR) is 81.2 cm³/mol. The van der Waals surface area contributed by atoms with Crippen LogP contribution in [-0.2, 0) is 6.54 Å². The van der Waals surface area contributed by atoms with Crippen molar-refractivity contribution in [3.05, 3.63) is 39.8 Å². The highest BCUT2D eigenvalue weighted by Crippen LogP contribution is 2.26. The van der Waals surface area contributed by atoms with Crippen molar-refractivity contribution in [3.8, 4) is 5.75 Å². The van der Waals surface area contributed by atoms with Crippen molar-refractivity contribution in [2.24, 2.45) is 5.92 Å². The van der Waals surface area contributed by atoms with Gasteiger partial charge in [-0.05, 0) is 18.1 Å². The normalized spacial score (nSPS) is 10.7. The first kappa shape index (κ1) is 14.2. The Morgan fingerprint density at radius 3 is 2.84 bits per heavy atom. The molecule has 0 spiro atoms. The second-order valence-electron chi connectivity index (χ2n) is 4.61. The minimum atomic E-state index is 0.505. The molecule has 1 aromatic carbocycles. The van der Waals surface area contributed by atoms with Gasteiger partial charge in [-0.3, -0.25) is 0 Å². The molecule has 0 saturated heterocycles. The summed E-state index contributed by atoms with van der Waals surface area (Å²) < 4.78 is 6.50. The molecule has 2 aromatic rings. The summed E-state index contributed by atoms with van der Waals surface area (Å²) in [6.45, 7) is 5.63. The van der Waals surface area contributed by atoms with E-state index in [0.717, 1.165) is 16.4 Å². The number of thiazole rings is 1. The van der Waals surface area contributed by atoms with Gasteiger partial charge in [0, 0.05) is 0 Å². The lowest BCUT2D eigenvalue weighted by molar-refractivity contribution is 0.272. The second-order valence-corrected chi connectivity index (χ2v) is 6.36. The van der Waals surface area contributed by atoms with Crippen LogP contribution in [-0.4, -0.2) is 11.6 Å². The summed E-state index contributed by atoms with van der Waals surface area (Å²) >= 11 is 7.34. The van der Waals surface area contributed by atoms with Crippen LogP contribution < -0.4 is 10.1 Å². The van der Waals surface area contributed by atoms with Gasteiger partial charge in [0.15, 0.2) is 0 Å². The van der Waals surface area contributed by atoms with Crippen LogP contribution in [0.15, 0.2) is 30.5 Å². The molecule has 0 aliphatic rings. The van der Waals surface area contributed by atoms with E-state index in [2.05, 4.69) is 24.1 Å². The third-order valence-electron chi connectivity index (χ3n) is 2.41. The van der Waals surface area contributed by atoms with Crippen molar-refractivity contribution in [1.29, 1.82) is 0 Å². The number of hydrogen-bond donors (Lipinski definition) is 1. The highest BCUT2D eigenvalue weighted by molar-refractivity contribution is 7.15. The number of hydrogen-bond acceptors (Lipinski definition) is 4. The molecule has 0 radical (unpaired) electrons. The van der Waals surface area contributed by atoms with Crippen molar-refractivity contribution in [3.63, 3.8) is 0 Å². The number of halogens is 1. The minimum Gasteiger partial charge on any atom is -0.491 e. The molecule has 0 atom stereocenters. The summed E-state index contributed by atoms with van der Waals surface area (Å²) in [7, 11) is 0. The first-order chi connectivity index (χ1) is 9.15. The van der Waals surface area contributed by atoms with E-state index in [1.807, 2.05) is 24.3 Å². The van der Waals surface area contributed by atoms with Crippen molar-refractivity contribution >= 4 is 28.6 Å². The molecule has 5 heteroatoms. The van der Waals surface area contributed by atoms with E-state index < -0.39 is 0 Å². The first-order valence-electron chi connectivity index (χ1n) is 6.21. The van der Waals surface area contributed by atoms with Crippen LogP contribution in [0, 0.1) is 5.92 Å². The summed E-state index contributed by atoms with van der Waals surface area (Å²) in [4.78, 5) is 4.22. The molecule has 0 aliphatic carbocycles. The van der Waals surface area contributed by atoms with Gasteiger partial charge in [0.1, 0.15) is 15.1 Å². The van der Waals surface area contributed by atoms with Gasteiger partial charge >= 0.3 is 0 Å². The standard InChI is InChI=1S/C14H17ClN2OS/c1-10(2)9-18-12-6-4-3-5-11(12)16-8-14-17-7-13(15)19-14/h3-7,10,16H,8-9H2,1-2H3. The Labute approximate surface area is 122 Å². The quantitative estimate of drug-likeness (QED) is 0.855. The Hall–Kier alpha value is -1.26. The molecule has 3 nitrogen and oxygen atoms in total. The zero-order chi connectivity index (χ0) is 13.7. The topological polar surface area (TPSA) is 34.1 Å². The van der Waals surface area contributed by atoms with E-state index in [-0.39, 0.29) is 0 Å². The van der Waals surface area contributed by atoms with Gasteiger partial charge in [0.2, 0.25) is 0 Å². The van der Waals surface area contributed by atoms with Gasteiger partial charge < -0.3 is 10.1 Å². The number of rotatable bonds is 6. The van der Waals surface area contributed by atoms with Gasteiger partial charge in [-0.25, -0.2) is 4.98 Å². The Morgan fingerprint density at radius 2 is 2.16 bits per heavy atom. The molecule has 19 heavy (non-hydrogen) atoms. The zero-order valence-electron chi connectivity index (χ0n) is 11.0. The third-order valence-corrected chi connectivity index (χ3v) is 3.53.